The number of aromatic amines is 2. The highest BCUT2D eigenvalue weighted by molar-refractivity contribution is 5.91. The van der Waals surface area contributed by atoms with E-state index in [9.17, 15) is 19.2 Å². The van der Waals surface area contributed by atoms with Gasteiger partial charge in [-0.25, -0.2) is 19.6 Å². The van der Waals surface area contributed by atoms with Crippen molar-refractivity contribution >= 4 is 34.8 Å². The molecule has 2 saturated carbocycles. The molecule has 0 radical (unpaired) electrons. The van der Waals surface area contributed by atoms with Crippen molar-refractivity contribution in [1.82, 2.24) is 40.4 Å². The van der Waals surface area contributed by atoms with Gasteiger partial charge in [0.25, 0.3) is 0 Å². The van der Waals surface area contributed by atoms with Gasteiger partial charge in [0.1, 0.15) is 23.7 Å². The third-order valence-electron chi connectivity index (χ3n) is 14.9. The molecule has 3 aliphatic heterocycles. The Bertz CT molecular complexity index is 2590. The minimum Gasteiger partial charge on any atom is -0.453 e. The molecule has 1 spiro atoms. The molecule has 4 amide bonds. The van der Waals surface area contributed by atoms with Gasteiger partial charge in [-0.15, -0.1) is 0 Å². The molecule has 5 heterocycles. The minimum absolute atomic E-state index is 0.0273. The lowest BCUT2D eigenvalue weighted by Gasteiger charge is -2.37. The number of H-pyrrole nitrogens is 2. The first-order valence-corrected chi connectivity index (χ1v) is 23.2. The van der Waals surface area contributed by atoms with Crippen molar-refractivity contribution in [2.45, 2.75) is 95.4 Å². The monoisotopic (exact) mass is 882 g/mol. The molecule has 4 N–H and O–H groups in total. The summed E-state index contributed by atoms with van der Waals surface area (Å²) in [5.41, 5.74) is 6.07. The molecule has 6 atom stereocenters. The third-order valence-corrected chi connectivity index (χ3v) is 14.9. The van der Waals surface area contributed by atoms with Crippen LogP contribution in [0.2, 0.25) is 0 Å². The first-order chi connectivity index (χ1) is 31.5. The zero-order valence-electron chi connectivity index (χ0n) is 37.5. The number of carbonyl (C=O) groups excluding carboxylic acids is 4. The number of amides is 4. The summed E-state index contributed by atoms with van der Waals surface area (Å²) >= 11 is 0. The number of hydrogen-bond donors (Lipinski definition) is 4. The first-order valence-electron chi connectivity index (χ1n) is 23.2. The highest BCUT2D eigenvalue weighted by Crippen LogP contribution is 2.58. The first kappa shape index (κ1) is 42.7. The van der Waals surface area contributed by atoms with Crippen molar-refractivity contribution in [3.05, 3.63) is 84.7 Å². The van der Waals surface area contributed by atoms with E-state index in [1.165, 1.54) is 14.2 Å². The molecule has 5 aliphatic rings. The molecule has 2 aliphatic carbocycles. The van der Waals surface area contributed by atoms with Gasteiger partial charge in [-0.1, -0.05) is 62.4 Å². The van der Waals surface area contributed by atoms with Crippen LogP contribution in [0, 0.1) is 23.2 Å². The van der Waals surface area contributed by atoms with Crippen LogP contribution in [-0.2, 0) is 23.8 Å². The van der Waals surface area contributed by atoms with Gasteiger partial charge in [0.2, 0.25) is 11.8 Å². The van der Waals surface area contributed by atoms with Crippen molar-refractivity contribution < 1.29 is 33.4 Å². The van der Waals surface area contributed by atoms with E-state index in [1.54, 1.807) is 0 Å². The number of ether oxygens (including phenoxy) is 3. The summed E-state index contributed by atoms with van der Waals surface area (Å²) in [6.07, 6.45) is 9.84. The molecule has 65 heavy (non-hydrogen) atoms. The number of imidazole rings is 2. The number of alkyl carbamates (subject to hydrolysis) is 2. The van der Waals surface area contributed by atoms with E-state index >= 15 is 0 Å². The molecule has 15 nitrogen and oxygen atoms in total. The topological polar surface area (TPSA) is 184 Å². The standard InChI is InChI=1S/C50H58N8O7/c1-28(2)41(55-48(61)63-3)47(60)58-37-14-13-36(23-37)43(58)45-52-25-38(54-45)30-7-5-29(6-8-30)32-9-10-34-22-35(12-11-33(34)21-32)39-26-51-44(53-39)40-24-50(17-18-50)27-57(40)46(59)42(56-49(62)64-4)31-15-19-65-20-16-31/h5-12,21-22,25-26,28,31,36-37,40-43H,13-20,23-24,27H2,1-4H3,(H,51,53)(H,52,54)(H,55,61)(H,56,62)/t36?,37?,40-,41-,42?,43?/m0/s1. The fourth-order valence-corrected chi connectivity index (χ4v) is 11.1. The summed E-state index contributed by atoms with van der Waals surface area (Å²) in [7, 11) is 2.63. The second-order valence-electron chi connectivity index (χ2n) is 19.2. The third kappa shape index (κ3) is 8.23. The van der Waals surface area contributed by atoms with Crippen LogP contribution in [0.5, 0.6) is 0 Å². The van der Waals surface area contributed by atoms with Crippen LogP contribution < -0.4 is 10.6 Å². The van der Waals surface area contributed by atoms with Crippen LogP contribution in [0.1, 0.15) is 88.9 Å². The number of fused-ring (bicyclic) bond motifs is 3. The van der Waals surface area contributed by atoms with E-state index in [-0.39, 0.29) is 47.2 Å². The van der Waals surface area contributed by atoms with Crippen molar-refractivity contribution in [3.8, 4) is 33.6 Å². The lowest BCUT2D eigenvalue weighted by molar-refractivity contribution is -0.139. The van der Waals surface area contributed by atoms with Crippen molar-refractivity contribution in [2.24, 2.45) is 23.2 Å². The van der Waals surface area contributed by atoms with Crippen LogP contribution in [0.25, 0.3) is 44.4 Å². The van der Waals surface area contributed by atoms with Gasteiger partial charge in [-0.2, -0.15) is 0 Å². The van der Waals surface area contributed by atoms with E-state index in [1.807, 2.05) is 36.0 Å². The Morgan fingerprint density at radius 3 is 2.06 bits per heavy atom. The lowest BCUT2D eigenvalue weighted by Crippen LogP contribution is -2.54. The largest absolute Gasteiger partial charge is 0.453 e. The number of hydrogen-bond acceptors (Lipinski definition) is 9. The average Bonchev–Trinajstić information content (AvgIpc) is 3.97. The summed E-state index contributed by atoms with van der Waals surface area (Å²) in [4.78, 5) is 73.6. The second-order valence-corrected chi connectivity index (χ2v) is 19.2. The number of nitrogens with zero attached hydrogens (tertiary/aromatic N) is 4. The quantitative estimate of drug-likeness (QED) is 0.102. The maximum atomic E-state index is 14.3. The van der Waals surface area contributed by atoms with Crippen molar-refractivity contribution in [2.75, 3.05) is 34.0 Å². The van der Waals surface area contributed by atoms with E-state index in [2.05, 4.69) is 81.3 Å². The predicted octanol–water partition coefficient (Wildman–Crippen LogP) is 7.92. The summed E-state index contributed by atoms with van der Waals surface area (Å²) in [5.74, 6) is 1.55. The van der Waals surface area contributed by atoms with Crippen LogP contribution in [0.3, 0.4) is 0 Å². The Morgan fingerprint density at radius 1 is 0.754 bits per heavy atom. The zero-order valence-corrected chi connectivity index (χ0v) is 37.5. The molecular weight excluding hydrogens is 825 g/mol. The Labute approximate surface area is 378 Å². The van der Waals surface area contributed by atoms with Crippen LogP contribution in [-0.4, -0.2) is 106 Å². The highest BCUT2D eigenvalue weighted by atomic mass is 16.5. The molecule has 3 saturated heterocycles. The second kappa shape index (κ2) is 17.3. The zero-order chi connectivity index (χ0) is 45.0. The van der Waals surface area contributed by atoms with Gasteiger partial charge in [0, 0.05) is 31.4 Å². The molecular formula is C50H58N8O7. The molecule has 3 aromatic carbocycles. The fraction of sp³-hybridized carbons (Fsp3) is 0.480. The fourth-order valence-electron chi connectivity index (χ4n) is 11.1. The molecule has 5 fully saturated rings. The van der Waals surface area contributed by atoms with E-state index in [0.717, 1.165) is 94.6 Å². The minimum atomic E-state index is -0.684. The maximum Gasteiger partial charge on any atom is 0.407 e. The molecule has 2 bridgehead atoms. The predicted molar refractivity (Wildman–Crippen MR) is 243 cm³/mol. The molecule has 10 rings (SSSR count). The van der Waals surface area contributed by atoms with Crippen LogP contribution in [0.15, 0.2) is 73.1 Å². The van der Waals surface area contributed by atoms with Gasteiger partial charge < -0.3 is 44.6 Å². The highest BCUT2D eigenvalue weighted by Gasteiger charge is 2.56. The van der Waals surface area contributed by atoms with Gasteiger partial charge in [-0.3, -0.25) is 9.59 Å². The Kier molecular flexibility index (Phi) is 11.4. The number of nitrogens with one attached hydrogen (secondary N) is 4. The van der Waals surface area contributed by atoms with Crippen LogP contribution >= 0.6 is 0 Å². The number of carbonyl (C=O) groups is 4. The summed E-state index contributed by atoms with van der Waals surface area (Å²) in [6, 6.07) is 19.7. The van der Waals surface area contributed by atoms with Crippen LogP contribution in [0.4, 0.5) is 9.59 Å². The number of likely N-dealkylation sites (tertiary alicyclic amines) is 2. The Hall–Kier alpha value is -6.22. The van der Waals surface area contributed by atoms with Crippen molar-refractivity contribution in [3.63, 3.8) is 0 Å². The molecule has 2 aromatic heterocycles. The maximum absolute atomic E-state index is 14.3. The lowest BCUT2D eigenvalue weighted by atomic mass is 9.90. The molecule has 15 heteroatoms. The van der Waals surface area contributed by atoms with E-state index < -0.39 is 24.3 Å². The van der Waals surface area contributed by atoms with E-state index in [4.69, 9.17) is 24.2 Å². The molecule has 5 aromatic rings. The summed E-state index contributed by atoms with van der Waals surface area (Å²) in [5, 5.41) is 7.84. The average molecular weight is 883 g/mol. The number of aromatic nitrogens is 4. The Morgan fingerprint density at radius 2 is 1.37 bits per heavy atom. The number of benzene rings is 3. The SMILES string of the molecule is COC(=O)NC(C(=O)N1CC2(CC2)C[C@H]1c1ncc(-c2ccc3cc(-c4ccc(-c5cnc(C6C7CCC(C7)N6C(=O)[C@@H](NC(=O)OC)C(C)C)[nH]5)cc4)ccc3c2)[nH]1)C1CCOCC1. The molecule has 4 unspecified atom stereocenters. The van der Waals surface area contributed by atoms with Crippen molar-refractivity contribution in [1.29, 1.82) is 0 Å². The van der Waals surface area contributed by atoms with Gasteiger partial charge in [0.05, 0.1) is 50.1 Å². The normalized spacial score (nSPS) is 23.2. The van der Waals surface area contributed by atoms with Gasteiger partial charge >= 0.3 is 12.2 Å². The Balaban J connectivity index is 0.833. The summed E-state index contributed by atoms with van der Waals surface area (Å²) in [6.45, 7) is 5.65. The van der Waals surface area contributed by atoms with Gasteiger partial charge in [-0.05, 0) is 114 Å². The number of methoxy groups -OCH3 is 2. The van der Waals surface area contributed by atoms with E-state index in [0.29, 0.717) is 38.5 Å². The summed E-state index contributed by atoms with van der Waals surface area (Å²) < 4.78 is 15.3. The molecule has 340 valence electrons. The number of rotatable bonds is 11. The number of piperidine rings is 1. The smallest absolute Gasteiger partial charge is 0.407 e. The van der Waals surface area contributed by atoms with Gasteiger partial charge in [0.15, 0.2) is 0 Å².